The molecule has 5 aromatic heterocycles. The summed E-state index contributed by atoms with van der Waals surface area (Å²) in [5, 5.41) is 2.59. The van der Waals surface area contributed by atoms with Crippen molar-refractivity contribution in [1.29, 1.82) is 0 Å². The van der Waals surface area contributed by atoms with Gasteiger partial charge in [0.2, 0.25) is 0 Å². The Morgan fingerprint density at radius 1 is 0.439 bits per heavy atom. The lowest BCUT2D eigenvalue weighted by molar-refractivity contribution is 0.665. The van der Waals surface area contributed by atoms with E-state index in [2.05, 4.69) is 190 Å². The summed E-state index contributed by atoms with van der Waals surface area (Å²) in [7, 11) is 0. The fourth-order valence-electron chi connectivity index (χ4n) is 8.24. The average molecular weight is 772 g/mol. The molecule has 6 aromatic carbocycles. The number of imidazole rings is 2. The first-order chi connectivity index (χ1) is 28.2. The second kappa shape index (κ2) is 13.9. The molecule has 7 heteroatoms. The van der Waals surface area contributed by atoms with E-state index in [1.54, 1.807) is 22.7 Å². The molecular weight excluding hydrogens is 735 g/mol. The van der Waals surface area contributed by atoms with Gasteiger partial charge < -0.3 is 4.57 Å². The highest BCUT2D eigenvalue weighted by molar-refractivity contribution is 7.19. The van der Waals surface area contributed by atoms with Crippen molar-refractivity contribution in [3.63, 3.8) is 0 Å². The minimum absolute atomic E-state index is 0.969. The van der Waals surface area contributed by atoms with Crippen LogP contribution in [0.1, 0.15) is 19.8 Å². The van der Waals surface area contributed by atoms with E-state index in [4.69, 9.17) is 9.97 Å². The molecule has 0 aliphatic heterocycles. The SMILES string of the molecule is CCCCn1c2cc(-c3ccc(-c4nc5ccccc5n4-c4ccccc4)s3)ccc2c2ccc(-c3ccc(-c4nc5ccccc5n4-c4ccccc4)s3)cc21. The normalized spacial score (nSPS) is 11.8. The smallest absolute Gasteiger partial charge is 0.155 e. The zero-order chi connectivity index (χ0) is 37.9. The lowest BCUT2D eigenvalue weighted by Crippen LogP contribution is -1.97. The third kappa shape index (κ3) is 5.73. The second-order valence-electron chi connectivity index (χ2n) is 14.5. The number of para-hydroxylation sites is 6. The van der Waals surface area contributed by atoms with Crippen LogP contribution in [0, 0.1) is 0 Å². The van der Waals surface area contributed by atoms with Gasteiger partial charge in [0.1, 0.15) is 0 Å². The average Bonchev–Trinajstić information content (AvgIpc) is 4.11. The van der Waals surface area contributed by atoms with Crippen LogP contribution < -0.4 is 0 Å². The Balaban J connectivity index is 0.987. The van der Waals surface area contributed by atoms with Crippen molar-refractivity contribution in [2.24, 2.45) is 0 Å². The third-order valence-electron chi connectivity index (χ3n) is 11.0. The number of nitrogens with zero attached hydrogens (tertiary/aromatic N) is 5. The van der Waals surface area contributed by atoms with Crippen LogP contribution >= 0.6 is 22.7 Å². The summed E-state index contributed by atoms with van der Waals surface area (Å²) in [6, 6.07) is 60.9. The largest absolute Gasteiger partial charge is 0.340 e. The number of thiophene rings is 2. The van der Waals surface area contributed by atoms with Gasteiger partial charge in [-0.3, -0.25) is 9.13 Å². The van der Waals surface area contributed by atoms with Gasteiger partial charge >= 0.3 is 0 Å². The number of aryl methyl sites for hydroxylation is 1. The molecule has 0 saturated carbocycles. The van der Waals surface area contributed by atoms with Crippen LogP contribution in [0.2, 0.25) is 0 Å². The molecule has 0 radical (unpaired) electrons. The Hall–Kier alpha value is -6.54. The molecule has 57 heavy (non-hydrogen) atoms. The minimum Gasteiger partial charge on any atom is -0.340 e. The minimum atomic E-state index is 0.969. The summed E-state index contributed by atoms with van der Waals surface area (Å²) in [5.41, 5.74) is 11.5. The molecule has 0 aliphatic rings. The van der Waals surface area contributed by atoms with Crippen LogP contribution in [-0.4, -0.2) is 23.7 Å². The molecule has 274 valence electrons. The Morgan fingerprint density at radius 2 is 0.877 bits per heavy atom. The lowest BCUT2D eigenvalue weighted by atomic mass is 10.1. The standard InChI is InChI=1S/C50H37N5S2/c1-2-3-30-53-43-31-33(45-26-28-47(56-45)49-51-39-18-10-12-20-41(39)54(49)35-14-6-4-7-15-35)22-24-37(43)38-25-23-34(32-44(38)53)46-27-29-48(57-46)50-52-40-19-11-13-21-42(40)55(50)36-16-8-5-9-17-36/h4-29,31-32H,2-3,30H2,1H3. The van der Waals surface area contributed by atoms with Gasteiger partial charge in [0, 0.05) is 49.5 Å². The van der Waals surface area contributed by atoms with Crippen LogP contribution in [-0.2, 0) is 6.54 Å². The van der Waals surface area contributed by atoms with Gasteiger partial charge in [0.05, 0.1) is 31.8 Å². The van der Waals surface area contributed by atoms with Crippen molar-refractivity contribution in [2.75, 3.05) is 0 Å². The van der Waals surface area contributed by atoms with Crippen molar-refractivity contribution >= 4 is 66.5 Å². The molecule has 0 aliphatic carbocycles. The van der Waals surface area contributed by atoms with E-state index in [0.29, 0.717) is 0 Å². The van der Waals surface area contributed by atoms with E-state index in [0.717, 1.165) is 74.2 Å². The van der Waals surface area contributed by atoms with E-state index in [-0.39, 0.29) is 0 Å². The molecular formula is C50H37N5S2. The zero-order valence-corrected chi connectivity index (χ0v) is 33.0. The van der Waals surface area contributed by atoms with Gasteiger partial charge in [-0.15, -0.1) is 22.7 Å². The molecule has 5 nitrogen and oxygen atoms in total. The van der Waals surface area contributed by atoms with E-state index < -0.39 is 0 Å². The van der Waals surface area contributed by atoms with E-state index in [1.165, 1.54) is 42.7 Å². The lowest BCUT2D eigenvalue weighted by Gasteiger charge is -2.09. The van der Waals surface area contributed by atoms with Crippen molar-refractivity contribution in [3.05, 3.63) is 170 Å². The molecule has 0 N–H and O–H groups in total. The Bertz CT molecular complexity index is 3020. The van der Waals surface area contributed by atoms with Gasteiger partial charge in [-0.1, -0.05) is 98.3 Å². The number of fused-ring (bicyclic) bond motifs is 5. The van der Waals surface area contributed by atoms with Crippen LogP contribution in [0.4, 0.5) is 0 Å². The second-order valence-corrected chi connectivity index (χ2v) is 16.7. The summed E-state index contributed by atoms with van der Waals surface area (Å²) >= 11 is 3.61. The van der Waals surface area contributed by atoms with Crippen LogP contribution in [0.15, 0.2) is 170 Å². The molecule has 11 rings (SSSR count). The summed E-state index contributed by atoms with van der Waals surface area (Å²) in [6.45, 7) is 3.24. The summed E-state index contributed by atoms with van der Waals surface area (Å²) in [6.07, 6.45) is 2.25. The molecule has 0 atom stereocenters. The topological polar surface area (TPSA) is 40.6 Å². The summed E-state index contributed by atoms with van der Waals surface area (Å²) in [5.74, 6) is 1.94. The number of hydrogen-bond donors (Lipinski definition) is 0. The van der Waals surface area contributed by atoms with Crippen LogP contribution in [0.3, 0.4) is 0 Å². The highest BCUT2D eigenvalue weighted by atomic mass is 32.1. The van der Waals surface area contributed by atoms with Crippen molar-refractivity contribution in [3.8, 4) is 53.7 Å². The summed E-state index contributed by atoms with van der Waals surface area (Å²) < 4.78 is 7.11. The van der Waals surface area contributed by atoms with Crippen molar-refractivity contribution in [1.82, 2.24) is 23.7 Å². The molecule has 0 unspecified atom stereocenters. The zero-order valence-electron chi connectivity index (χ0n) is 31.3. The predicted molar refractivity (Wildman–Crippen MR) is 241 cm³/mol. The fourth-order valence-corrected chi connectivity index (χ4v) is 10.2. The first-order valence-corrected chi connectivity index (χ1v) is 21.2. The van der Waals surface area contributed by atoms with Crippen LogP contribution in [0.25, 0.3) is 97.5 Å². The van der Waals surface area contributed by atoms with E-state index in [1.807, 2.05) is 0 Å². The predicted octanol–water partition coefficient (Wildman–Crippen LogP) is 14.1. The van der Waals surface area contributed by atoms with E-state index >= 15 is 0 Å². The van der Waals surface area contributed by atoms with Gasteiger partial charge in [0.25, 0.3) is 0 Å². The molecule has 0 fully saturated rings. The summed E-state index contributed by atoms with van der Waals surface area (Å²) in [4.78, 5) is 15.0. The third-order valence-corrected chi connectivity index (χ3v) is 13.2. The molecule has 0 spiro atoms. The molecule has 0 bridgehead atoms. The Morgan fingerprint density at radius 3 is 1.35 bits per heavy atom. The monoisotopic (exact) mass is 771 g/mol. The molecule has 0 saturated heterocycles. The van der Waals surface area contributed by atoms with Crippen molar-refractivity contribution < 1.29 is 0 Å². The number of benzene rings is 6. The first kappa shape index (κ1) is 33.8. The maximum atomic E-state index is 5.14. The molecule has 11 aromatic rings. The Kier molecular flexibility index (Phi) is 8.23. The number of hydrogen-bond acceptors (Lipinski definition) is 4. The fraction of sp³-hybridized carbons (Fsp3) is 0.0800. The quantitative estimate of drug-likeness (QED) is 0.147. The Labute approximate surface area is 338 Å². The highest BCUT2D eigenvalue weighted by Crippen LogP contribution is 2.42. The first-order valence-electron chi connectivity index (χ1n) is 19.5. The van der Waals surface area contributed by atoms with Gasteiger partial charge in [-0.2, -0.15) is 0 Å². The van der Waals surface area contributed by atoms with E-state index in [9.17, 15) is 0 Å². The number of rotatable bonds is 9. The molecule has 0 amide bonds. The molecule has 5 heterocycles. The van der Waals surface area contributed by atoms with Gasteiger partial charge in [-0.25, -0.2) is 9.97 Å². The van der Waals surface area contributed by atoms with Gasteiger partial charge in [0.15, 0.2) is 11.6 Å². The highest BCUT2D eigenvalue weighted by Gasteiger charge is 2.20. The number of unbranched alkanes of at least 4 members (excludes halogenated alkanes) is 1. The van der Waals surface area contributed by atoms with Crippen LogP contribution in [0.5, 0.6) is 0 Å². The maximum absolute atomic E-state index is 5.14. The number of aromatic nitrogens is 5. The maximum Gasteiger partial charge on any atom is 0.155 e. The van der Waals surface area contributed by atoms with Gasteiger partial charge in [-0.05, 0) is 102 Å². The van der Waals surface area contributed by atoms with Crippen molar-refractivity contribution in [2.45, 2.75) is 26.3 Å².